The fraction of sp³-hybridized carbons (Fsp3) is 1.00. The molecule has 6 atom stereocenters. The minimum Gasteiger partial charge on any atom is -0.194 e. The van der Waals surface area contributed by atoms with Crippen molar-refractivity contribution >= 4 is 6.71 Å². The van der Waals surface area contributed by atoms with Gasteiger partial charge in [-0.1, -0.05) is 96.3 Å². The van der Waals surface area contributed by atoms with Gasteiger partial charge in [-0.3, -0.25) is 0 Å². The van der Waals surface area contributed by atoms with E-state index in [0.29, 0.717) is 0 Å². The van der Waals surface area contributed by atoms with E-state index in [-0.39, 0.29) is 18.9 Å². The summed E-state index contributed by atoms with van der Waals surface area (Å²) in [5.74, 6) is 6.30. The van der Waals surface area contributed by atoms with E-state index in [1.165, 1.54) is 38.5 Å². The Labute approximate surface area is 139 Å². The number of hydrogen-bond acceptors (Lipinski definition) is 0. The van der Waals surface area contributed by atoms with Gasteiger partial charge in [0, 0.05) is 0 Å². The molecule has 3 saturated carbocycles. The Balaban J connectivity index is 0.00000147. The predicted molar refractivity (Wildman–Crippen MR) is 86.0 cm³/mol. The molecule has 0 amide bonds. The van der Waals surface area contributed by atoms with Crippen LogP contribution in [0.5, 0.6) is 0 Å². The molecule has 0 spiro atoms. The Hall–Kier alpha value is 0.662. The second-order valence-electron chi connectivity index (χ2n) is 8.29. The van der Waals surface area contributed by atoms with Crippen molar-refractivity contribution in [1.82, 2.24) is 0 Å². The molecule has 0 aromatic carbocycles. The first-order chi connectivity index (χ1) is 9.18. The van der Waals surface area contributed by atoms with Gasteiger partial charge in [0.05, 0.1) is 0 Å². The van der Waals surface area contributed by atoms with E-state index in [0.717, 1.165) is 41.9 Å². The van der Waals surface area contributed by atoms with Crippen LogP contribution in [0.2, 0.25) is 17.5 Å². The summed E-state index contributed by atoms with van der Waals surface area (Å²) in [7, 11) is 0. The summed E-state index contributed by atoms with van der Waals surface area (Å²) in [6.07, 6.45) is 13.8. The van der Waals surface area contributed by atoms with Gasteiger partial charge in [0.2, 0.25) is 0 Å². The van der Waals surface area contributed by atoms with Crippen LogP contribution in [0, 0.1) is 17.8 Å². The summed E-state index contributed by atoms with van der Waals surface area (Å²) >= 11 is 0. The third-order valence-electron chi connectivity index (χ3n) is 7.27. The van der Waals surface area contributed by atoms with E-state index in [9.17, 15) is 0 Å². The van der Waals surface area contributed by atoms with Gasteiger partial charge in [-0.05, 0) is 0 Å². The molecule has 0 aromatic heterocycles. The maximum atomic E-state index is 2.56. The van der Waals surface area contributed by atoms with Gasteiger partial charge in [0.25, 0.3) is 0 Å². The van der Waals surface area contributed by atoms with Crippen LogP contribution >= 0.6 is 0 Å². The maximum Gasteiger partial charge on any atom is 1.00 e. The number of rotatable bonds is 3. The van der Waals surface area contributed by atoms with Crippen molar-refractivity contribution in [2.75, 3.05) is 0 Å². The van der Waals surface area contributed by atoms with E-state index in [1.54, 1.807) is 19.3 Å². The van der Waals surface area contributed by atoms with Crippen molar-refractivity contribution < 1.29 is 18.9 Å². The minimum atomic E-state index is 0. The third-order valence-corrected chi connectivity index (χ3v) is 7.27. The van der Waals surface area contributed by atoms with Gasteiger partial charge in [-0.15, -0.1) is 6.71 Å². The normalized spacial score (nSPS) is 45.0. The summed E-state index contributed by atoms with van der Waals surface area (Å²) < 4.78 is 0. The third kappa shape index (κ3) is 3.20. The van der Waals surface area contributed by atoms with Gasteiger partial charge in [-0.2, -0.15) is 17.5 Å². The molecule has 0 nitrogen and oxygen atoms in total. The number of hydrogen-bond donors (Lipinski definition) is 0. The summed E-state index contributed by atoms with van der Waals surface area (Å²) in [5, 5.41) is 0. The van der Waals surface area contributed by atoms with Crippen molar-refractivity contribution in [2.24, 2.45) is 17.8 Å². The molecule has 3 aliphatic carbocycles. The fourth-order valence-corrected chi connectivity index (χ4v) is 6.19. The second-order valence-corrected chi connectivity index (χ2v) is 8.29. The van der Waals surface area contributed by atoms with E-state index < -0.39 is 0 Å². The van der Waals surface area contributed by atoms with Crippen molar-refractivity contribution in [3.8, 4) is 0 Å². The molecule has 0 aromatic rings. The smallest absolute Gasteiger partial charge is 0.194 e. The summed E-state index contributed by atoms with van der Waals surface area (Å²) in [6, 6.07) is 0. The van der Waals surface area contributed by atoms with Gasteiger partial charge in [0.15, 0.2) is 0 Å². The minimum absolute atomic E-state index is 0. The molecule has 0 unspecified atom stereocenters. The molecule has 20 heavy (non-hydrogen) atoms. The van der Waals surface area contributed by atoms with Crippen LogP contribution in [0.1, 0.15) is 78.6 Å². The average Bonchev–Trinajstić information content (AvgIpc) is 3.07. The van der Waals surface area contributed by atoms with Gasteiger partial charge >= 0.3 is 18.9 Å². The van der Waals surface area contributed by atoms with Crippen LogP contribution in [0.4, 0.5) is 0 Å². The van der Waals surface area contributed by atoms with Crippen LogP contribution in [-0.2, 0) is 0 Å². The van der Waals surface area contributed by atoms with E-state index in [4.69, 9.17) is 0 Å². The first kappa shape index (κ1) is 17.0. The molecule has 0 bridgehead atoms. The molecule has 0 saturated heterocycles. The van der Waals surface area contributed by atoms with Crippen molar-refractivity contribution in [3.63, 3.8) is 0 Å². The molecule has 3 aliphatic rings. The van der Waals surface area contributed by atoms with Crippen molar-refractivity contribution in [3.05, 3.63) is 0 Å². The molecule has 0 N–H and O–H groups in total. The fourth-order valence-electron chi connectivity index (χ4n) is 6.19. The molecule has 2 heteroatoms. The Kier molecular flexibility index (Phi) is 6.20. The summed E-state index contributed by atoms with van der Waals surface area (Å²) in [6.45, 7) is 8.77. The van der Waals surface area contributed by atoms with Gasteiger partial charge in [0.1, 0.15) is 0 Å². The van der Waals surface area contributed by atoms with Gasteiger partial charge < -0.3 is 0 Å². The van der Waals surface area contributed by atoms with Crippen molar-refractivity contribution in [1.29, 1.82) is 0 Å². The SMILES string of the molecule is C[C@H]1CCC[C@@H]1[B-]([C@H]1CCC[C@@H]1C)[C@H]1CCC[C@@H]1C.[Li+]. The molecule has 3 rings (SSSR count). The van der Waals surface area contributed by atoms with Crippen LogP contribution in [0.3, 0.4) is 0 Å². The largest absolute Gasteiger partial charge is 1.00 e. The zero-order valence-electron chi connectivity index (χ0n) is 14.4. The standard InChI is InChI=1S/C18H33B.Li/c1-13-7-4-10-16(13)19(17-11-5-8-14(17)2)18-12-6-9-15(18)3;/h13-18H,4-12H2,1-3H3;/q-1;+1/t13-,14-,15-,16-,17-,18-;/m0./s1. The second kappa shape index (κ2) is 7.28. The topological polar surface area (TPSA) is 0 Å². The Bertz CT molecular complexity index is 258. The summed E-state index contributed by atoms with van der Waals surface area (Å²) in [4.78, 5) is 0. The van der Waals surface area contributed by atoms with Gasteiger partial charge in [-0.25, -0.2) is 0 Å². The Morgan fingerprint density at radius 2 is 0.850 bits per heavy atom. The molecule has 109 valence electrons. The zero-order valence-corrected chi connectivity index (χ0v) is 14.4. The maximum absolute atomic E-state index is 2.56. The summed E-state index contributed by atoms with van der Waals surface area (Å²) in [5.41, 5.74) is 0. The Morgan fingerprint density at radius 3 is 1.05 bits per heavy atom. The predicted octanol–water partition coefficient (Wildman–Crippen LogP) is 3.06. The zero-order chi connectivity index (χ0) is 13.4. The van der Waals surface area contributed by atoms with E-state index in [1.807, 2.05) is 0 Å². The molecule has 1 radical (unpaired) electrons. The van der Waals surface area contributed by atoms with Crippen LogP contribution in [0.25, 0.3) is 0 Å². The molecular formula is C18H33BLi. The molecule has 0 aliphatic heterocycles. The average molecular weight is 267 g/mol. The van der Waals surface area contributed by atoms with E-state index in [2.05, 4.69) is 20.8 Å². The first-order valence-electron chi connectivity index (χ1n) is 9.18. The quantitative estimate of drug-likeness (QED) is 0.689. The van der Waals surface area contributed by atoms with E-state index >= 15 is 0 Å². The van der Waals surface area contributed by atoms with Crippen molar-refractivity contribution in [2.45, 2.75) is 96.0 Å². The van der Waals surface area contributed by atoms with Crippen LogP contribution in [0.15, 0.2) is 0 Å². The molecular weight excluding hydrogens is 234 g/mol. The molecule has 3 fully saturated rings. The first-order valence-corrected chi connectivity index (χ1v) is 9.18. The van der Waals surface area contributed by atoms with Crippen LogP contribution in [-0.4, -0.2) is 6.71 Å². The monoisotopic (exact) mass is 267 g/mol. The molecule has 0 heterocycles. The van der Waals surface area contributed by atoms with Crippen LogP contribution < -0.4 is 18.9 Å². The Morgan fingerprint density at radius 1 is 0.550 bits per heavy atom.